The highest BCUT2D eigenvalue weighted by Gasteiger charge is 2.29. The van der Waals surface area contributed by atoms with Gasteiger partial charge in [0.1, 0.15) is 18.2 Å². The van der Waals surface area contributed by atoms with Crippen molar-refractivity contribution in [2.75, 3.05) is 13.1 Å². The minimum absolute atomic E-state index is 0.0132. The summed E-state index contributed by atoms with van der Waals surface area (Å²) in [6.45, 7) is 1.21. The highest BCUT2D eigenvalue weighted by atomic mass is 35.5. The maximum Gasteiger partial charge on any atom is 0.415 e. The fourth-order valence-electron chi connectivity index (χ4n) is 2.97. The molecule has 1 fully saturated rings. The molecule has 3 rings (SSSR count). The van der Waals surface area contributed by atoms with E-state index in [1.807, 2.05) is 17.8 Å². The quantitative estimate of drug-likeness (QED) is 0.742. The second kappa shape index (κ2) is 6.08. The lowest BCUT2D eigenvalue weighted by molar-refractivity contribution is -0.670. The summed E-state index contributed by atoms with van der Waals surface area (Å²) in [7, 11) is 1.87. The van der Waals surface area contributed by atoms with Crippen LogP contribution < -0.4 is 4.57 Å². The Morgan fingerprint density at radius 1 is 1.45 bits per heavy atom. The number of benzene rings is 1. The molecule has 1 aromatic heterocycles. The first-order valence-electron chi connectivity index (χ1n) is 7.32. The van der Waals surface area contributed by atoms with Crippen LogP contribution >= 0.6 is 11.6 Å². The molecule has 4 nitrogen and oxygen atoms in total. The van der Waals surface area contributed by atoms with E-state index < -0.39 is 0 Å². The Morgan fingerprint density at radius 3 is 3.00 bits per heavy atom. The summed E-state index contributed by atoms with van der Waals surface area (Å²) in [6.07, 6.45) is 6.99. The number of nitrogens with zero attached hydrogens (tertiary/aromatic N) is 3. The number of imidazole rings is 1. The zero-order valence-corrected chi connectivity index (χ0v) is 13.1. The SMILES string of the molecule is C[n+]1ccn(C(=O)N2CCCC(c3cccc(Cl)c3F)C2)c1. The first-order chi connectivity index (χ1) is 10.6. The van der Waals surface area contributed by atoms with Gasteiger partial charge < -0.3 is 4.90 Å². The van der Waals surface area contributed by atoms with E-state index in [1.165, 1.54) is 0 Å². The van der Waals surface area contributed by atoms with Crippen molar-refractivity contribution in [1.29, 1.82) is 0 Å². The Kier molecular flexibility index (Phi) is 4.16. The lowest BCUT2D eigenvalue weighted by Gasteiger charge is -2.31. The zero-order chi connectivity index (χ0) is 15.7. The molecule has 0 saturated carbocycles. The number of aromatic nitrogens is 2. The molecule has 0 radical (unpaired) electrons. The van der Waals surface area contributed by atoms with Crippen LogP contribution in [0.3, 0.4) is 0 Å². The van der Waals surface area contributed by atoms with Crippen molar-refractivity contribution in [1.82, 2.24) is 9.47 Å². The number of aryl methyl sites for hydroxylation is 1. The lowest BCUT2D eigenvalue weighted by atomic mass is 9.90. The van der Waals surface area contributed by atoms with E-state index in [1.54, 1.807) is 40.2 Å². The van der Waals surface area contributed by atoms with Crippen LogP contribution in [0.25, 0.3) is 0 Å². The molecule has 22 heavy (non-hydrogen) atoms. The number of amides is 1. The van der Waals surface area contributed by atoms with Crippen LogP contribution in [0.15, 0.2) is 36.9 Å². The third kappa shape index (κ3) is 2.86. The molecule has 1 saturated heterocycles. The molecule has 1 aliphatic rings. The molecule has 0 N–H and O–H groups in total. The van der Waals surface area contributed by atoms with Crippen molar-refractivity contribution in [3.8, 4) is 0 Å². The number of hydrogen-bond donors (Lipinski definition) is 0. The van der Waals surface area contributed by atoms with Crippen molar-refractivity contribution in [2.45, 2.75) is 18.8 Å². The topological polar surface area (TPSA) is 29.1 Å². The van der Waals surface area contributed by atoms with E-state index in [9.17, 15) is 9.18 Å². The lowest BCUT2D eigenvalue weighted by Crippen LogP contribution is -2.41. The summed E-state index contributed by atoms with van der Waals surface area (Å²) in [5.41, 5.74) is 0.600. The Morgan fingerprint density at radius 2 is 2.27 bits per heavy atom. The van der Waals surface area contributed by atoms with E-state index in [-0.39, 0.29) is 22.8 Å². The monoisotopic (exact) mass is 322 g/mol. The average molecular weight is 323 g/mol. The molecule has 1 unspecified atom stereocenters. The number of hydrogen-bond acceptors (Lipinski definition) is 1. The van der Waals surface area contributed by atoms with E-state index in [0.29, 0.717) is 18.7 Å². The summed E-state index contributed by atoms with van der Waals surface area (Å²) in [5, 5.41) is 0.137. The minimum Gasteiger partial charge on any atom is -0.304 e. The smallest absolute Gasteiger partial charge is 0.304 e. The maximum absolute atomic E-state index is 14.2. The summed E-state index contributed by atoms with van der Waals surface area (Å²) in [6, 6.07) is 4.99. The van der Waals surface area contributed by atoms with E-state index >= 15 is 0 Å². The number of halogens is 2. The van der Waals surface area contributed by atoms with Crippen LogP contribution in [0.2, 0.25) is 5.02 Å². The largest absolute Gasteiger partial charge is 0.415 e. The molecule has 0 bridgehead atoms. The molecule has 0 spiro atoms. The van der Waals surface area contributed by atoms with Gasteiger partial charge in [0.05, 0.1) is 12.1 Å². The zero-order valence-electron chi connectivity index (χ0n) is 12.4. The van der Waals surface area contributed by atoms with Crippen LogP contribution in [-0.4, -0.2) is 28.6 Å². The molecule has 0 aliphatic carbocycles. The van der Waals surface area contributed by atoms with Gasteiger partial charge in [0.15, 0.2) is 0 Å². The first kappa shape index (κ1) is 15.0. The molecule has 116 valence electrons. The van der Waals surface area contributed by atoms with Crippen molar-refractivity contribution in [3.63, 3.8) is 0 Å². The molecule has 1 atom stereocenters. The Bertz CT molecular complexity index is 700. The normalized spacial score (nSPS) is 18.5. The predicted molar refractivity (Wildman–Crippen MR) is 81.4 cm³/mol. The number of piperidine rings is 1. The molecule has 1 aromatic carbocycles. The van der Waals surface area contributed by atoms with Crippen LogP contribution in [0.4, 0.5) is 9.18 Å². The van der Waals surface area contributed by atoms with E-state index in [0.717, 1.165) is 12.8 Å². The maximum atomic E-state index is 14.2. The molecule has 6 heteroatoms. The van der Waals surface area contributed by atoms with Gasteiger partial charge in [0.25, 0.3) is 6.33 Å². The molecular formula is C16H18ClFN3O+. The van der Waals surface area contributed by atoms with Gasteiger partial charge in [-0.25, -0.2) is 13.8 Å². The van der Waals surface area contributed by atoms with Crippen molar-refractivity contribution in [2.24, 2.45) is 7.05 Å². The second-order valence-electron chi connectivity index (χ2n) is 5.70. The summed E-state index contributed by atoms with van der Waals surface area (Å²) in [4.78, 5) is 14.3. The predicted octanol–water partition coefficient (Wildman–Crippen LogP) is 2.95. The number of likely N-dealkylation sites (tertiary alicyclic amines) is 1. The first-order valence-corrected chi connectivity index (χ1v) is 7.70. The van der Waals surface area contributed by atoms with E-state index in [2.05, 4.69) is 0 Å². The van der Waals surface area contributed by atoms with Crippen molar-refractivity contribution >= 4 is 17.6 Å². The van der Waals surface area contributed by atoms with Crippen LogP contribution in [0, 0.1) is 5.82 Å². The Labute approximate surface area is 133 Å². The minimum atomic E-state index is -0.365. The molecular weight excluding hydrogens is 305 g/mol. The van der Waals surface area contributed by atoms with Gasteiger partial charge in [-0.3, -0.25) is 0 Å². The number of carbonyl (C=O) groups is 1. The third-order valence-corrected chi connectivity index (χ3v) is 4.39. The molecule has 1 aliphatic heterocycles. The average Bonchev–Trinajstić information content (AvgIpc) is 2.96. The Balaban J connectivity index is 1.79. The van der Waals surface area contributed by atoms with Gasteiger partial charge >= 0.3 is 6.03 Å². The molecule has 2 aromatic rings. The fourth-order valence-corrected chi connectivity index (χ4v) is 3.15. The summed E-state index contributed by atoms with van der Waals surface area (Å²) in [5.74, 6) is -0.378. The van der Waals surface area contributed by atoms with Crippen molar-refractivity contribution in [3.05, 3.63) is 53.3 Å². The highest BCUT2D eigenvalue weighted by molar-refractivity contribution is 6.30. The standard InChI is InChI=1S/C16H18ClFN3O/c1-19-8-9-21(11-19)16(22)20-7-3-4-12(10-20)13-5-2-6-14(17)15(13)18/h2,5-6,8-9,11-12H,3-4,7,10H2,1H3/q+1. The fraction of sp³-hybridized carbons (Fsp3) is 0.375. The van der Waals surface area contributed by atoms with Gasteiger partial charge in [-0.15, -0.1) is 0 Å². The van der Waals surface area contributed by atoms with Gasteiger partial charge in [0, 0.05) is 19.0 Å². The number of rotatable bonds is 1. The second-order valence-corrected chi connectivity index (χ2v) is 6.10. The van der Waals surface area contributed by atoms with Gasteiger partial charge in [-0.1, -0.05) is 23.7 Å². The van der Waals surface area contributed by atoms with Crippen LogP contribution in [-0.2, 0) is 7.05 Å². The molecule has 2 heterocycles. The van der Waals surface area contributed by atoms with Gasteiger partial charge in [-0.2, -0.15) is 4.57 Å². The Hall–Kier alpha value is -1.88. The highest BCUT2D eigenvalue weighted by Crippen LogP contribution is 2.31. The van der Waals surface area contributed by atoms with Crippen molar-refractivity contribution < 1.29 is 13.8 Å². The number of carbonyl (C=O) groups excluding carboxylic acids is 1. The third-order valence-electron chi connectivity index (χ3n) is 4.10. The van der Waals surface area contributed by atoms with Gasteiger partial charge in [0.2, 0.25) is 0 Å². The van der Waals surface area contributed by atoms with E-state index in [4.69, 9.17) is 11.6 Å². The summed E-state index contributed by atoms with van der Waals surface area (Å²) >= 11 is 5.87. The summed E-state index contributed by atoms with van der Waals surface area (Å²) < 4.78 is 17.6. The molecule has 1 amide bonds. The van der Waals surface area contributed by atoms with Crippen LogP contribution in [0.5, 0.6) is 0 Å². The van der Waals surface area contributed by atoms with Gasteiger partial charge in [-0.05, 0) is 24.5 Å². The van der Waals surface area contributed by atoms with Crippen LogP contribution in [0.1, 0.15) is 24.3 Å².